The molecule has 74 heavy (non-hydrogen) atoms. The molecule has 0 aliphatic carbocycles. The van der Waals surface area contributed by atoms with Crippen molar-refractivity contribution in [2.45, 2.75) is 52.4 Å². The second-order valence-electron chi connectivity index (χ2n) is 23.6. The molecule has 5 heterocycles. The normalized spacial score (nSPS) is 13.5. The van der Waals surface area contributed by atoms with Crippen molar-refractivity contribution >= 4 is 142 Å². The summed E-state index contributed by atoms with van der Waals surface area (Å²) < 4.78 is 8.13. The topological polar surface area (TPSA) is 14.8 Å². The van der Waals surface area contributed by atoms with E-state index in [9.17, 15) is 0 Å². The van der Waals surface area contributed by atoms with Crippen LogP contribution in [0.4, 0.5) is 0 Å². The highest BCUT2D eigenvalue weighted by molar-refractivity contribution is 7.01. The zero-order chi connectivity index (χ0) is 49.3. The molecule has 15 aromatic rings. The van der Waals surface area contributed by atoms with E-state index in [1.54, 1.807) is 0 Å². The Balaban J connectivity index is 1.18. The molecule has 0 atom stereocenters. The minimum absolute atomic E-state index is 0.0271. The van der Waals surface area contributed by atoms with Crippen LogP contribution in [0.1, 0.15) is 52.7 Å². The van der Waals surface area contributed by atoms with Gasteiger partial charge in [-0.2, -0.15) is 0 Å². The van der Waals surface area contributed by atoms with Gasteiger partial charge in [-0.15, -0.1) is 0 Å². The Kier molecular flexibility index (Phi) is 7.59. The van der Waals surface area contributed by atoms with Crippen molar-refractivity contribution in [1.82, 2.24) is 13.7 Å². The number of rotatable bonds is 1. The maximum Gasteiger partial charge on any atom is 0.252 e. The largest absolute Gasteiger partial charge is 0.310 e. The third-order valence-corrected chi connectivity index (χ3v) is 17.6. The first-order valence-corrected chi connectivity index (χ1v) is 26.5. The van der Waals surface area contributed by atoms with Crippen LogP contribution < -0.4 is 16.4 Å². The van der Waals surface area contributed by atoms with Crippen LogP contribution in [0.2, 0.25) is 0 Å². The lowest BCUT2D eigenvalue weighted by Gasteiger charge is -2.37. The monoisotopic (exact) mass is 943 g/mol. The molecule has 0 unspecified atom stereocenters. The van der Waals surface area contributed by atoms with Crippen molar-refractivity contribution in [3.63, 3.8) is 0 Å². The van der Waals surface area contributed by atoms with Gasteiger partial charge in [-0.25, -0.2) is 0 Å². The molecule has 0 radical (unpaired) electrons. The second kappa shape index (κ2) is 13.7. The zero-order valence-corrected chi connectivity index (χ0v) is 42.4. The van der Waals surface area contributed by atoms with Gasteiger partial charge in [0.15, 0.2) is 0 Å². The summed E-state index contributed by atoms with van der Waals surface area (Å²) in [5.74, 6) is 0. The Morgan fingerprint density at radius 2 is 0.676 bits per heavy atom. The van der Waals surface area contributed by atoms with Crippen molar-refractivity contribution in [3.8, 4) is 17.1 Å². The van der Waals surface area contributed by atoms with E-state index in [0.717, 1.165) is 0 Å². The lowest BCUT2D eigenvalue weighted by atomic mass is 9.34. The summed E-state index contributed by atoms with van der Waals surface area (Å²) in [6, 6.07) is 75.1. The molecule has 348 valence electrons. The fraction of sp³-hybridized carbons (Fsp3) is 0.114. The quantitative estimate of drug-likeness (QED) is 0.146. The molecule has 2 aliphatic rings. The van der Waals surface area contributed by atoms with E-state index in [2.05, 4.69) is 249 Å². The summed E-state index contributed by atoms with van der Waals surface area (Å²) in [7, 11) is 0. The van der Waals surface area contributed by atoms with Gasteiger partial charge in [0.1, 0.15) is 0 Å². The summed E-state index contributed by atoms with van der Waals surface area (Å²) in [6.07, 6.45) is 0. The molecule has 0 spiro atoms. The molecule has 0 amide bonds. The summed E-state index contributed by atoms with van der Waals surface area (Å²) >= 11 is 0. The highest BCUT2D eigenvalue weighted by atomic mass is 15.1. The van der Waals surface area contributed by atoms with Gasteiger partial charge >= 0.3 is 0 Å². The van der Waals surface area contributed by atoms with E-state index in [1.807, 2.05) is 0 Å². The van der Waals surface area contributed by atoms with E-state index >= 15 is 0 Å². The highest BCUT2D eigenvalue weighted by Crippen LogP contribution is 2.50. The predicted octanol–water partition coefficient (Wildman–Crippen LogP) is 16.5. The number of aromatic nitrogens is 3. The van der Waals surface area contributed by atoms with E-state index < -0.39 is 0 Å². The van der Waals surface area contributed by atoms with Crippen LogP contribution in [0.3, 0.4) is 0 Å². The van der Waals surface area contributed by atoms with E-state index in [-0.39, 0.29) is 17.5 Å². The summed E-state index contributed by atoms with van der Waals surface area (Å²) in [6.45, 7) is 14.0. The molecule has 0 bridgehead atoms. The Morgan fingerprint density at radius 1 is 0.297 bits per heavy atom. The third kappa shape index (κ3) is 4.99. The van der Waals surface area contributed by atoms with Gasteiger partial charge in [0, 0.05) is 43.1 Å². The van der Waals surface area contributed by atoms with Crippen molar-refractivity contribution in [3.05, 3.63) is 205 Å². The van der Waals surface area contributed by atoms with Crippen LogP contribution in [0, 0.1) is 0 Å². The Bertz CT molecular complexity index is 5030. The fourth-order valence-electron chi connectivity index (χ4n) is 14.3. The Labute approximate surface area is 428 Å². The van der Waals surface area contributed by atoms with Gasteiger partial charge in [-0.05, 0) is 118 Å². The Hall–Kier alpha value is -8.60. The van der Waals surface area contributed by atoms with Crippen molar-refractivity contribution in [2.24, 2.45) is 0 Å². The lowest BCUT2D eigenvalue weighted by Crippen LogP contribution is -2.59. The van der Waals surface area contributed by atoms with Gasteiger partial charge in [0.2, 0.25) is 0 Å². The van der Waals surface area contributed by atoms with E-state index in [1.165, 1.54) is 164 Å². The average Bonchev–Trinajstić information content (AvgIpc) is 4.26. The molecule has 17 rings (SSSR count). The molecule has 4 heteroatoms. The number of hydrogen-bond acceptors (Lipinski definition) is 0. The van der Waals surface area contributed by atoms with Crippen molar-refractivity contribution in [1.29, 1.82) is 0 Å². The van der Waals surface area contributed by atoms with Crippen LogP contribution in [0.25, 0.3) is 136 Å². The first-order chi connectivity index (χ1) is 36.0. The predicted molar refractivity (Wildman–Crippen MR) is 319 cm³/mol. The molecule has 0 fully saturated rings. The maximum absolute atomic E-state index is 2.74. The average molecular weight is 944 g/mol. The van der Waals surface area contributed by atoms with E-state index in [4.69, 9.17) is 0 Å². The number of fused-ring (bicyclic) bond motifs is 23. The molecule has 0 N–H and O–H groups in total. The molecular formula is C70H50BN3. The van der Waals surface area contributed by atoms with Gasteiger partial charge in [-0.3, -0.25) is 0 Å². The molecule has 3 aromatic heterocycles. The molecule has 2 aliphatic heterocycles. The first kappa shape index (κ1) is 40.9. The van der Waals surface area contributed by atoms with Crippen LogP contribution >= 0.6 is 0 Å². The van der Waals surface area contributed by atoms with Crippen LogP contribution in [-0.4, -0.2) is 20.4 Å². The van der Waals surface area contributed by atoms with Gasteiger partial charge in [-0.1, -0.05) is 199 Å². The number of nitrogens with zero attached hydrogens (tertiary/aromatic N) is 3. The van der Waals surface area contributed by atoms with Gasteiger partial charge < -0.3 is 13.7 Å². The maximum atomic E-state index is 2.74. The molecular weight excluding hydrogens is 894 g/mol. The number of hydrogen-bond donors (Lipinski definition) is 0. The molecule has 0 saturated heterocycles. The van der Waals surface area contributed by atoms with Crippen molar-refractivity contribution in [2.75, 3.05) is 0 Å². The summed E-state index contributed by atoms with van der Waals surface area (Å²) in [5.41, 5.74) is 18.0. The molecule has 3 nitrogen and oxygen atoms in total. The second-order valence-corrected chi connectivity index (χ2v) is 23.6. The SMILES string of the molecule is CC(C)(C)c1ccc2c(c1)c1cc(C(C)(C)C)ccc1n2-c1c2c3c(c4ccccc14)-n1c4ccc5ccccc5c4c4c5ccccc5cc(c41)B3c1cc3ccccc3c3c4c5ccccc5ccc4n-2c13. The van der Waals surface area contributed by atoms with Crippen LogP contribution in [0.5, 0.6) is 0 Å². The van der Waals surface area contributed by atoms with Crippen LogP contribution in [-0.2, 0) is 10.8 Å². The minimum atomic E-state index is -0.0956. The Morgan fingerprint density at radius 3 is 1.14 bits per heavy atom. The molecule has 0 saturated carbocycles. The standard InChI is InChI=1S/C70H50BN3/c1-69(2,3)43-29-33-55-51(37-43)52-38-44(70(4,5)6)30-34-56(52)72(55)65-50-26-16-15-25-49(50)64-63-68(65)74-58-32-28-40-18-8-12-22-46(40)60(58)62-48-24-14-10-20-42(48)36-54(67(62)74)71(63)53-35-41-19-9-13-23-47(41)61-59-45-21-11-7-17-39(45)27-31-57(59)73(64)66(53)61/h7-38H,1-6H3. The summed E-state index contributed by atoms with van der Waals surface area (Å²) in [4.78, 5) is 0. The summed E-state index contributed by atoms with van der Waals surface area (Å²) in [5, 5.41) is 20.6. The van der Waals surface area contributed by atoms with Crippen LogP contribution in [0.15, 0.2) is 194 Å². The lowest BCUT2D eigenvalue weighted by molar-refractivity contribution is 0.590. The van der Waals surface area contributed by atoms with Gasteiger partial charge in [0.25, 0.3) is 6.71 Å². The van der Waals surface area contributed by atoms with E-state index in [0.29, 0.717) is 0 Å². The zero-order valence-electron chi connectivity index (χ0n) is 42.4. The molecule has 12 aromatic carbocycles. The first-order valence-electron chi connectivity index (χ1n) is 26.5. The minimum Gasteiger partial charge on any atom is -0.310 e. The number of benzene rings is 12. The third-order valence-electron chi connectivity index (χ3n) is 17.6. The van der Waals surface area contributed by atoms with Crippen molar-refractivity contribution < 1.29 is 0 Å². The highest BCUT2D eigenvalue weighted by Gasteiger charge is 2.45. The van der Waals surface area contributed by atoms with Gasteiger partial charge in [0.05, 0.1) is 50.2 Å². The fourth-order valence-corrected chi connectivity index (χ4v) is 14.3. The smallest absolute Gasteiger partial charge is 0.252 e.